The topological polar surface area (TPSA) is 38.1 Å². The van der Waals surface area contributed by atoms with Crippen molar-refractivity contribution in [1.29, 1.82) is 0 Å². The Morgan fingerprint density at radius 3 is 2.53 bits per heavy atom. The van der Waals surface area contributed by atoms with Gasteiger partial charge in [-0.25, -0.2) is 18.7 Å². The maximum Gasteiger partial charge on any atom is 0.264 e. The largest absolute Gasteiger partial charge is 0.288 e. The summed E-state index contributed by atoms with van der Waals surface area (Å²) in [5.74, 6) is 0.653. The van der Waals surface area contributed by atoms with Crippen LogP contribution in [0.3, 0.4) is 0 Å². The first-order chi connectivity index (χ1) is 9.15. The van der Waals surface area contributed by atoms with E-state index in [1.165, 1.54) is 6.07 Å². The van der Waals surface area contributed by atoms with Crippen LogP contribution in [0.1, 0.15) is 28.9 Å². The summed E-state index contributed by atoms with van der Waals surface area (Å²) in [6, 6.07) is 3.36. The number of aromatic nitrogens is 2. The van der Waals surface area contributed by atoms with Crippen molar-refractivity contribution in [1.82, 2.24) is 9.97 Å². The lowest BCUT2D eigenvalue weighted by molar-refractivity contribution is 0.150. The molecule has 96 valence electrons. The van der Waals surface area contributed by atoms with Crippen LogP contribution in [0, 0.1) is 6.92 Å². The summed E-state index contributed by atoms with van der Waals surface area (Å²) in [5, 5.41) is 0. The number of nitrogens with zero attached hydrogens (tertiary/aromatic N) is 3. The Morgan fingerprint density at radius 2 is 1.84 bits per heavy atom. The van der Waals surface area contributed by atoms with Crippen LogP contribution in [0.15, 0.2) is 29.5 Å². The predicted octanol–water partition coefficient (Wildman–Crippen LogP) is 3.32. The lowest BCUT2D eigenvalue weighted by atomic mass is 9.97. The second kappa shape index (κ2) is 4.50. The number of rotatable bonds is 2. The standard InChI is InChI=1S/C14H11F2N3/c1-8-18-5-11(6-19-8)9-2-10-4-17-7-13(10)12(3-9)14(15)16/h2-6,14H,7H2,1H3. The Balaban J connectivity index is 2.14. The Morgan fingerprint density at radius 1 is 1.11 bits per heavy atom. The molecule has 0 amide bonds. The molecule has 3 rings (SSSR count). The van der Waals surface area contributed by atoms with Crippen molar-refractivity contribution in [3.05, 3.63) is 47.0 Å². The third kappa shape index (κ3) is 2.12. The molecule has 5 heteroatoms. The van der Waals surface area contributed by atoms with Gasteiger partial charge in [0.25, 0.3) is 6.43 Å². The van der Waals surface area contributed by atoms with Gasteiger partial charge in [0.15, 0.2) is 0 Å². The highest BCUT2D eigenvalue weighted by molar-refractivity contribution is 5.87. The van der Waals surface area contributed by atoms with Crippen LogP contribution in [-0.2, 0) is 6.54 Å². The molecule has 2 aromatic rings. The van der Waals surface area contributed by atoms with Crippen molar-refractivity contribution in [2.45, 2.75) is 19.9 Å². The van der Waals surface area contributed by atoms with Gasteiger partial charge < -0.3 is 0 Å². The van der Waals surface area contributed by atoms with Gasteiger partial charge in [-0.05, 0) is 35.7 Å². The zero-order valence-electron chi connectivity index (χ0n) is 10.3. The fourth-order valence-corrected chi connectivity index (χ4v) is 2.15. The molecule has 0 N–H and O–H groups in total. The van der Waals surface area contributed by atoms with Crippen LogP contribution in [0.2, 0.25) is 0 Å². The van der Waals surface area contributed by atoms with Crippen molar-refractivity contribution in [2.75, 3.05) is 0 Å². The van der Waals surface area contributed by atoms with E-state index in [9.17, 15) is 8.78 Å². The minimum Gasteiger partial charge on any atom is -0.288 e. The second-order valence-corrected chi connectivity index (χ2v) is 4.42. The second-order valence-electron chi connectivity index (χ2n) is 4.42. The maximum absolute atomic E-state index is 13.1. The Kier molecular flexibility index (Phi) is 2.81. The first-order valence-electron chi connectivity index (χ1n) is 5.89. The summed E-state index contributed by atoms with van der Waals surface area (Å²) < 4.78 is 26.2. The molecule has 1 aliphatic rings. The van der Waals surface area contributed by atoms with E-state index in [2.05, 4.69) is 15.0 Å². The minimum absolute atomic E-state index is 0.0468. The van der Waals surface area contributed by atoms with E-state index in [0.717, 1.165) is 11.1 Å². The van der Waals surface area contributed by atoms with Crippen LogP contribution in [0.25, 0.3) is 11.1 Å². The van der Waals surface area contributed by atoms with Gasteiger partial charge in [-0.15, -0.1) is 0 Å². The summed E-state index contributed by atoms with van der Waals surface area (Å²) in [6.07, 6.45) is 2.43. The van der Waals surface area contributed by atoms with Gasteiger partial charge in [0.2, 0.25) is 0 Å². The van der Waals surface area contributed by atoms with Gasteiger partial charge in [0, 0.05) is 29.7 Å². The molecule has 0 aliphatic carbocycles. The molecule has 0 bridgehead atoms. The summed E-state index contributed by atoms with van der Waals surface area (Å²) in [7, 11) is 0. The average Bonchev–Trinajstić information content (AvgIpc) is 2.86. The number of aliphatic imine (C=N–C) groups is 1. The first-order valence-corrected chi connectivity index (χ1v) is 5.89. The fourth-order valence-electron chi connectivity index (χ4n) is 2.15. The molecule has 0 fully saturated rings. The van der Waals surface area contributed by atoms with Crippen molar-refractivity contribution >= 4 is 6.21 Å². The Hall–Kier alpha value is -2.17. The number of halogens is 2. The molecular weight excluding hydrogens is 248 g/mol. The summed E-state index contributed by atoms with van der Waals surface area (Å²) in [5.41, 5.74) is 2.85. The van der Waals surface area contributed by atoms with E-state index in [1.54, 1.807) is 25.5 Å². The average molecular weight is 259 g/mol. The third-order valence-electron chi connectivity index (χ3n) is 3.15. The zero-order chi connectivity index (χ0) is 13.4. The van der Waals surface area contributed by atoms with E-state index in [0.29, 0.717) is 23.5 Å². The van der Waals surface area contributed by atoms with Crippen molar-refractivity contribution < 1.29 is 8.78 Å². The van der Waals surface area contributed by atoms with Gasteiger partial charge in [-0.2, -0.15) is 0 Å². The van der Waals surface area contributed by atoms with E-state index in [-0.39, 0.29) is 5.56 Å². The molecule has 0 saturated carbocycles. The predicted molar refractivity (Wildman–Crippen MR) is 68.5 cm³/mol. The van der Waals surface area contributed by atoms with Gasteiger partial charge in [0.05, 0.1) is 6.54 Å². The summed E-state index contributed by atoms with van der Waals surface area (Å²) >= 11 is 0. The number of benzene rings is 1. The highest BCUT2D eigenvalue weighted by atomic mass is 19.3. The number of fused-ring (bicyclic) bond motifs is 1. The normalized spacial score (nSPS) is 13.1. The smallest absolute Gasteiger partial charge is 0.264 e. The van der Waals surface area contributed by atoms with E-state index in [1.807, 2.05) is 6.07 Å². The van der Waals surface area contributed by atoms with Gasteiger partial charge in [-0.1, -0.05) is 0 Å². The third-order valence-corrected chi connectivity index (χ3v) is 3.15. The highest BCUT2D eigenvalue weighted by Gasteiger charge is 2.20. The number of aryl methyl sites for hydroxylation is 1. The number of alkyl halides is 2. The molecule has 0 atom stereocenters. The minimum atomic E-state index is -2.50. The van der Waals surface area contributed by atoms with E-state index < -0.39 is 6.43 Å². The van der Waals surface area contributed by atoms with E-state index in [4.69, 9.17) is 0 Å². The monoisotopic (exact) mass is 259 g/mol. The molecule has 1 aromatic carbocycles. The maximum atomic E-state index is 13.1. The van der Waals surface area contributed by atoms with Crippen molar-refractivity contribution in [3.8, 4) is 11.1 Å². The molecule has 19 heavy (non-hydrogen) atoms. The zero-order valence-corrected chi connectivity index (χ0v) is 10.3. The quantitative estimate of drug-likeness (QED) is 0.829. The van der Waals surface area contributed by atoms with E-state index >= 15 is 0 Å². The number of hydrogen-bond donors (Lipinski definition) is 0. The molecule has 3 nitrogen and oxygen atoms in total. The SMILES string of the molecule is Cc1ncc(-c2cc3c(c(C(F)F)c2)CN=C3)cn1. The van der Waals surface area contributed by atoms with Gasteiger partial charge in [0.1, 0.15) is 5.82 Å². The number of hydrogen-bond acceptors (Lipinski definition) is 3. The Labute approximate surface area is 109 Å². The Bertz CT molecular complexity index is 648. The molecular formula is C14H11F2N3. The van der Waals surface area contributed by atoms with Gasteiger partial charge >= 0.3 is 0 Å². The molecule has 0 unspecified atom stereocenters. The van der Waals surface area contributed by atoms with Gasteiger partial charge in [-0.3, -0.25) is 4.99 Å². The van der Waals surface area contributed by atoms with Crippen LogP contribution >= 0.6 is 0 Å². The molecule has 0 saturated heterocycles. The van der Waals surface area contributed by atoms with Crippen LogP contribution in [0.4, 0.5) is 8.78 Å². The lowest BCUT2D eigenvalue weighted by Gasteiger charge is -2.10. The fraction of sp³-hybridized carbons (Fsp3) is 0.214. The summed E-state index contributed by atoms with van der Waals surface area (Å²) in [4.78, 5) is 12.2. The summed E-state index contributed by atoms with van der Waals surface area (Å²) in [6.45, 7) is 2.11. The highest BCUT2D eigenvalue weighted by Crippen LogP contribution is 2.32. The first kappa shape index (κ1) is 11.9. The van der Waals surface area contributed by atoms with Crippen molar-refractivity contribution in [2.24, 2.45) is 4.99 Å². The van der Waals surface area contributed by atoms with Crippen molar-refractivity contribution in [3.63, 3.8) is 0 Å². The van der Waals surface area contributed by atoms with Crippen LogP contribution < -0.4 is 0 Å². The van der Waals surface area contributed by atoms with Crippen LogP contribution in [0.5, 0.6) is 0 Å². The molecule has 0 spiro atoms. The lowest BCUT2D eigenvalue weighted by Crippen LogP contribution is -1.97. The molecule has 1 aromatic heterocycles. The molecule has 0 radical (unpaired) electrons. The molecule has 2 heterocycles. The molecule has 1 aliphatic heterocycles. The van der Waals surface area contributed by atoms with Crippen LogP contribution in [-0.4, -0.2) is 16.2 Å².